The largest absolute Gasteiger partial charge is 0.396 e. The highest BCUT2D eigenvalue weighted by Crippen LogP contribution is 2.45. The number of hydrogen-bond acceptors (Lipinski definition) is 3. The van der Waals surface area contributed by atoms with E-state index in [1.807, 2.05) is 4.90 Å². The van der Waals surface area contributed by atoms with Gasteiger partial charge < -0.3 is 20.8 Å². The average Bonchev–Trinajstić information content (AvgIpc) is 2.69. The highest BCUT2D eigenvalue weighted by Gasteiger charge is 2.44. The minimum atomic E-state index is -0.303. The van der Waals surface area contributed by atoms with E-state index >= 15 is 0 Å². The molecule has 170 valence electrons. The van der Waals surface area contributed by atoms with Crippen molar-refractivity contribution in [3.8, 4) is 0 Å². The smallest absolute Gasteiger partial charge is 0.315 e. The topological polar surface area (TPSA) is 86.8 Å². The van der Waals surface area contributed by atoms with Crippen LogP contribution in [0.4, 0.5) is 4.79 Å². The van der Waals surface area contributed by atoms with E-state index in [1.54, 1.807) is 0 Å². The zero-order chi connectivity index (χ0) is 21.4. The van der Waals surface area contributed by atoms with Crippen LogP contribution in [0.25, 0.3) is 0 Å². The SMILES string of the molecule is CCCCCCC(C)(C)C1CCC(C2CC(O)CCC2CCCO)N(C(N)=O)C1. The first-order valence-electron chi connectivity index (χ1n) is 12.1. The number of rotatable bonds is 10. The molecule has 0 aromatic rings. The lowest BCUT2D eigenvalue weighted by Crippen LogP contribution is -2.56. The molecule has 1 heterocycles. The summed E-state index contributed by atoms with van der Waals surface area (Å²) in [5.41, 5.74) is 6.09. The van der Waals surface area contributed by atoms with Crippen LogP contribution in [0.2, 0.25) is 0 Å². The van der Waals surface area contributed by atoms with Crippen molar-refractivity contribution in [2.45, 2.75) is 110 Å². The van der Waals surface area contributed by atoms with Crippen LogP contribution >= 0.6 is 0 Å². The fourth-order valence-electron chi connectivity index (χ4n) is 5.97. The molecule has 2 rings (SSSR count). The Morgan fingerprint density at radius 3 is 2.52 bits per heavy atom. The number of carbonyl (C=O) groups is 1. The summed E-state index contributed by atoms with van der Waals surface area (Å²) in [6.45, 7) is 7.92. The van der Waals surface area contributed by atoms with Crippen molar-refractivity contribution in [2.24, 2.45) is 28.9 Å². The zero-order valence-corrected chi connectivity index (χ0v) is 19.1. The standard InChI is InChI=1S/C24H46N2O3/c1-4-5-6-7-14-24(2,3)19-11-13-22(26(17-19)23(25)29)21-16-20(28)12-10-18(21)9-8-15-27/h18-22,27-28H,4-17H2,1-3H3,(H2,25,29). The van der Waals surface area contributed by atoms with Gasteiger partial charge in [0, 0.05) is 19.2 Å². The fourth-order valence-corrected chi connectivity index (χ4v) is 5.97. The van der Waals surface area contributed by atoms with Gasteiger partial charge in [0.1, 0.15) is 0 Å². The summed E-state index contributed by atoms with van der Waals surface area (Å²) in [5, 5.41) is 19.6. The first kappa shape index (κ1) is 24.5. The van der Waals surface area contributed by atoms with Crippen molar-refractivity contribution in [3.63, 3.8) is 0 Å². The number of likely N-dealkylation sites (tertiary alicyclic amines) is 1. The van der Waals surface area contributed by atoms with Gasteiger partial charge in [0.05, 0.1) is 6.10 Å². The molecule has 1 saturated heterocycles. The number of piperidine rings is 1. The third kappa shape index (κ3) is 6.85. The van der Waals surface area contributed by atoms with E-state index < -0.39 is 0 Å². The molecule has 29 heavy (non-hydrogen) atoms. The molecule has 0 spiro atoms. The van der Waals surface area contributed by atoms with Crippen LogP contribution in [0.15, 0.2) is 0 Å². The van der Waals surface area contributed by atoms with E-state index in [0.29, 0.717) is 17.8 Å². The van der Waals surface area contributed by atoms with Crippen molar-refractivity contribution in [1.82, 2.24) is 4.90 Å². The molecule has 2 fully saturated rings. The molecule has 1 saturated carbocycles. The number of primary amides is 1. The van der Waals surface area contributed by atoms with E-state index in [0.717, 1.165) is 51.5 Å². The van der Waals surface area contributed by atoms with E-state index in [4.69, 9.17) is 5.73 Å². The number of urea groups is 1. The molecule has 1 aliphatic carbocycles. The zero-order valence-electron chi connectivity index (χ0n) is 19.1. The van der Waals surface area contributed by atoms with Crippen LogP contribution in [0, 0.1) is 23.2 Å². The maximum Gasteiger partial charge on any atom is 0.315 e. The molecule has 0 radical (unpaired) electrons. The third-order valence-electron chi connectivity index (χ3n) is 7.94. The van der Waals surface area contributed by atoms with E-state index in [2.05, 4.69) is 20.8 Å². The van der Waals surface area contributed by atoms with Gasteiger partial charge in [0.15, 0.2) is 0 Å². The van der Waals surface area contributed by atoms with Crippen LogP contribution in [0.3, 0.4) is 0 Å². The van der Waals surface area contributed by atoms with Crippen LogP contribution in [0.5, 0.6) is 0 Å². The first-order valence-corrected chi connectivity index (χ1v) is 12.1. The number of nitrogens with zero attached hydrogens (tertiary/aromatic N) is 1. The highest BCUT2D eigenvalue weighted by atomic mass is 16.3. The molecule has 5 heteroatoms. The fraction of sp³-hybridized carbons (Fsp3) is 0.958. The number of aliphatic hydroxyl groups is 2. The Hall–Kier alpha value is -0.810. The van der Waals surface area contributed by atoms with Gasteiger partial charge in [-0.2, -0.15) is 0 Å². The maximum atomic E-state index is 12.4. The van der Waals surface area contributed by atoms with Crippen molar-refractivity contribution < 1.29 is 15.0 Å². The van der Waals surface area contributed by atoms with Gasteiger partial charge in [-0.1, -0.05) is 46.5 Å². The number of hydrogen-bond donors (Lipinski definition) is 3. The van der Waals surface area contributed by atoms with E-state index in [-0.39, 0.29) is 30.2 Å². The molecule has 0 bridgehead atoms. The molecule has 2 amide bonds. The Morgan fingerprint density at radius 2 is 1.86 bits per heavy atom. The molecule has 1 aliphatic heterocycles. The van der Waals surface area contributed by atoms with Gasteiger partial charge in [-0.3, -0.25) is 0 Å². The van der Waals surface area contributed by atoms with Gasteiger partial charge in [-0.15, -0.1) is 0 Å². The van der Waals surface area contributed by atoms with E-state index in [9.17, 15) is 15.0 Å². The Balaban J connectivity index is 2.06. The summed E-state index contributed by atoms with van der Waals surface area (Å²) >= 11 is 0. The summed E-state index contributed by atoms with van der Waals surface area (Å²) in [5.74, 6) is 1.25. The number of aliphatic hydroxyl groups excluding tert-OH is 2. The molecular formula is C24H46N2O3. The Bertz CT molecular complexity index is 495. The normalized spacial score (nSPS) is 31.1. The Morgan fingerprint density at radius 1 is 1.10 bits per heavy atom. The molecule has 2 aliphatic rings. The van der Waals surface area contributed by atoms with Crippen molar-refractivity contribution in [2.75, 3.05) is 13.2 Å². The molecule has 0 aromatic carbocycles. The second-order valence-electron chi connectivity index (χ2n) is 10.4. The van der Waals surface area contributed by atoms with Gasteiger partial charge in [-0.05, 0) is 74.5 Å². The van der Waals surface area contributed by atoms with Gasteiger partial charge in [-0.25, -0.2) is 4.79 Å². The van der Waals surface area contributed by atoms with Gasteiger partial charge >= 0.3 is 6.03 Å². The summed E-state index contributed by atoms with van der Waals surface area (Å²) in [6.07, 6.45) is 12.5. The summed E-state index contributed by atoms with van der Waals surface area (Å²) in [4.78, 5) is 14.4. The predicted octanol–water partition coefficient (Wildman–Crippen LogP) is 4.69. The third-order valence-corrected chi connectivity index (χ3v) is 7.94. The monoisotopic (exact) mass is 410 g/mol. The molecular weight excluding hydrogens is 364 g/mol. The summed E-state index contributed by atoms with van der Waals surface area (Å²) in [6, 6.07) is -0.166. The number of nitrogens with two attached hydrogens (primary N) is 1. The Kier molecular flexibility index (Phi) is 9.74. The maximum absolute atomic E-state index is 12.4. The van der Waals surface area contributed by atoms with Crippen LogP contribution in [0.1, 0.15) is 97.8 Å². The minimum absolute atomic E-state index is 0.137. The molecule has 0 aromatic heterocycles. The minimum Gasteiger partial charge on any atom is -0.396 e. The number of carbonyl (C=O) groups excluding carboxylic acids is 1. The lowest BCUT2D eigenvalue weighted by molar-refractivity contribution is -0.0119. The van der Waals surface area contributed by atoms with Crippen LogP contribution in [-0.2, 0) is 0 Å². The van der Waals surface area contributed by atoms with Crippen LogP contribution in [-0.4, -0.2) is 46.4 Å². The second-order valence-corrected chi connectivity index (χ2v) is 10.4. The lowest BCUT2D eigenvalue weighted by Gasteiger charge is -2.50. The average molecular weight is 411 g/mol. The van der Waals surface area contributed by atoms with Crippen molar-refractivity contribution in [1.29, 1.82) is 0 Å². The van der Waals surface area contributed by atoms with Gasteiger partial charge in [0.2, 0.25) is 0 Å². The quantitative estimate of drug-likeness (QED) is 0.457. The van der Waals surface area contributed by atoms with Crippen molar-refractivity contribution >= 4 is 6.03 Å². The predicted molar refractivity (Wildman–Crippen MR) is 118 cm³/mol. The van der Waals surface area contributed by atoms with Gasteiger partial charge in [0.25, 0.3) is 0 Å². The molecule has 5 atom stereocenters. The van der Waals surface area contributed by atoms with Crippen LogP contribution < -0.4 is 5.73 Å². The summed E-state index contributed by atoms with van der Waals surface area (Å²) < 4.78 is 0. The molecule has 4 N–H and O–H groups in total. The Labute approximate surface area is 178 Å². The second kappa shape index (κ2) is 11.5. The summed E-state index contributed by atoms with van der Waals surface area (Å²) in [7, 11) is 0. The molecule has 5 nitrogen and oxygen atoms in total. The van der Waals surface area contributed by atoms with E-state index in [1.165, 1.54) is 32.1 Å². The number of amides is 2. The number of unbranched alkanes of at least 4 members (excludes halogenated alkanes) is 3. The highest BCUT2D eigenvalue weighted by molar-refractivity contribution is 5.72. The lowest BCUT2D eigenvalue weighted by atomic mass is 9.66. The molecule has 5 unspecified atom stereocenters. The van der Waals surface area contributed by atoms with Crippen molar-refractivity contribution in [3.05, 3.63) is 0 Å². The first-order chi connectivity index (χ1) is 13.8.